The van der Waals surface area contributed by atoms with Crippen molar-refractivity contribution in [2.75, 3.05) is 29.5 Å². The second-order valence-electron chi connectivity index (χ2n) is 4.56. The van der Waals surface area contributed by atoms with Crippen molar-refractivity contribution in [1.29, 1.82) is 0 Å². The van der Waals surface area contributed by atoms with E-state index in [1.165, 1.54) is 6.07 Å². The van der Waals surface area contributed by atoms with Crippen LogP contribution in [0.3, 0.4) is 0 Å². The molecule has 20 heavy (non-hydrogen) atoms. The summed E-state index contributed by atoms with van der Waals surface area (Å²) in [4.78, 5) is 0.0462. The predicted octanol–water partition coefficient (Wildman–Crippen LogP) is 1.84. The van der Waals surface area contributed by atoms with Gasteiger partial charge in [0.25, 0.3) is 0 Å². The third kappa shape index (κ3) is 3.81. The van der Waals surface area contributed by atoms with E-state index in [1.807, 2.05) is 11.8 Å². The van der Waals surface area contributed by atoms with Gasteiger partial charge in [0.2, 0.25) is 10.0 Å². The van der Waals surface area contributed by atoms with Gasteiger partial charge in [-0.05, 0) is 24.6 Å². The highest BCUT2D eigenvalue weighted by Gasteiger charge is 2.21. The monoisotopic (exact) mass is 336 g/mol. The van der Waals surface area contributed by atoms with Crippen LogP contribution in [-0.2, 0) is 10.0 Å². The molecule has 1 saturated heterocycles. The van der Waals surface area contributed by atoms with E-state index in [0.717, 1.165) is 23.3 Å². The number of halogens is 1. The summed E-state index contributed by atoms with van der Waals surface area (Å²) in [5.41, 5.74) is 5.65. The molecule has 0 spiro atoms. The summed E-state index contributed by atoms with van der Waals surface area (Å²) < 4.78 is 40.4. The van der Waals surface area contributed by atoms with Crippen LogP contribution < -0.4 is 10.5 Å². The number of aryl methyl sites for hydroxylation is 1. The maximum Gasteiger partial charge on any atom is 0.240 e. The number of thioether (sulfide) groups is 2. The number of nitrogens with two attached hydrogens (primary N) is 1. The van der Waals surface area contributed by atoms with Gasteiger partial charge in [0.15, 0.2) is 0 Å². The third-order valence-electron chi connectivity index (χ3n) is 2.97. The van der Waals surface area contributed by atoms with E-state index in [2.05, 4.69) is 4.72 Å². The molecule has 1 aromatic rings. The molecule has 4 nitrogen and oxygen atoms in total. The molecule has 0 aliphatic carbocycles. The fourth-order valence-electron chi connectivity index (χ4n) is 1.89. The summed E-state index contributed by atoms with van der Waals surface area (Å²) in [7, 11) is -3.65. The highest BCUT2D eigenvalue weighted by Crippen LogP contribution is 2.25. The fraction of sp³-hybridized carbons (Fsp3) is 0.500. The van der Waals surface area contributed by atoms with Gasteiger partial charge >= 0.3 is 0 Å². The Morgan fingerprint density at radius 2 is 2.20 bits per heavy atom. The standard InChI is InChI=1S/C12H17FN2O2S3/c1-8-4-10(13)11(14)5-12(8)20(16,17)15-6-9-7-18-2-3-19-9/h4-5,9,15H,2-3,6-7,14H2,1H3. The lowest BCUT2D eigenvalue weighted by atomic mass is 10.2. The maximum atomic E-state index is 13.3. The molecule has 0 radical (unpaired) electrons. The van der Waals surface area contributed by atoms with Gasteiger partial charge in [-0.3, -0.25) is 0 Å². The van der Waals surface area contributed by atoms with E-state index in [0.29, 0.717) is 12.1 Å². The van der Waals surface area contributed by atoms with Crippen LogP contribution in [0.4, 0.5) is 10.1 Å². The second kappa shape index (κ2) is 6.55. The Labute approximate surface area is 127 Å². The summed E-state index contributed by atoms with van der Waals surface area (Å²) in [6, 6.07) is 2.32. The zero-order valence-electron chi connectivity index (χ0n) is 11.1. The van der Waals surface area contributed by atoms with Gasteiger partial charge in [0.05, 0.1) is 10.6 Å². The van der Waals surface area contributed by atoms with Gasteiger partial charge in [-0.1, -0.05) is 0 Å². The topological polar surface area (TPSA) is 72.2 Å². The lowest BCUT2D eigenvalue weighted by molar-refractivity contribution is 0.580. The average Bonchev–Trinajstić information content (AvgIpc) is 2.42. The normalized spacial score (nSPS) is 20.0. The van der Waals surface area contributed by atoms with Gasteiger partial charge in [-0.15, -0.1) is 0 Å². The molecule has 1 aromatic carbocycles. The minimum atomic E-state index is -3.65. The molecule has 0 amide bonds. The summed E-state index contributed by atoms with van der Waals surface area (Å²) in [6.45, 7) is 1.94. The van der Waals surface area contributed by atoms with Gasteiger partial charge in [0, 0.05) is 29.1 Å². The number of hydrogen-bond acceptors (Lipinski definition) is 5. The van der Waals surface area contributed by atoms with Crippen molar-refractivity contribution in [1.82, 2.24) is 4.72 Å². The smallest absolute Gasteiger partial charge is 0.240 e. The molecule has 0 aromatic heterocycles. The highest BCUT2D eigenvalue weighted by atomic mass is 32.2. The van der Waals surface area contributed by atoms with Crippen LogP contribution >= 0.6 is 23.5 Å². The Hall–Kier alpha value is -0.440. The van der Waals surface area contributed by atoms with Crippen molar-refractivity contribution in [3.05, 3.63) is 23.5 Å². The van der Waals surface area contributed by atoms with Crippen molar-refractivity contribution >= 4 is 39.2 Å². The minimum Gasteiger partial charge on any atom is -0.396 e. The summed E-state index contributed by atoms with van der Waals surface area (Å²) >= 11 is 3.61. The van der Waals surface area contributed by atoms with Crippen LogP contribution in [0.1, 0.15) is 5.56 Å². The Kier molecular flexibility index (Phi) is 5.22. The van der Waals surface area contributed by atoms with Crippen LogP contribution in [0.2, 0.25) is 0 Å². The molecule has 112 valence electrons. The minimum absolute atomic E-state index is 0.0462. The highest BCUT2D eigenvalue weighted by molar-refractivity contribution is 8.06. The van der Waals surface area contributed by atoms with Gasteiger partial charge in [0.1, 0.15) is 5.82 Å². The van der Waals surface area contributed by atoms with Gasteiger partial charge < -0.3 is 5.73 Å². The lowest BCUT2D eigenvalue weighted by Gasteiger charge is -2.21. The Morgan fingerprint density at radius 3 is 2.85 bits per heavy atom. The number of hydrogen-bond donors (Lipinski definition) is 2. The van der Waals surface area contributed by atoms with E-state index in [9.17, 15) is 12.8 Å². The van der Waals surface area contributed by atoms with Crippen molar-refractivity contribution in [2.24, 2.45) is 0 Å². The molecule has 1 aliphatic rings. The SMILES string of the molecule is Cc1cc(F)c(N)cc1S(=O)(=O)NCC1CSCCS1. The first-order valence-corrected chi connectivity index (χ1v) is 9.83. The number of sulfonamides is 1. The van der Waals surface area contributed by atoms with Gasteiger partial charge in [-0.2, -0.15) is 23.5 Å². The Morgan fingerprint density at radius 1 is 1.45 bits per heavy atom. The second-order valence-corrected chi connectivity index (χ2v) is 8.85. The van der Waals surface area contributed by atoms with Crippen LogP contribution in [0.25, 0.3) is 0 Å². The first-order chi connectivity index (χ1) is 9.40. The largest absolute Gasteiger partial charge is 0.396 e. The first-order valence-electron chi connectivity index (χ1n) is 6.15. The molecular weight excluding hydrogens is 319 g/mol. The molecule has 1 aliphatic heterocycles. The molecule has 0 saturated carbocycles. The molecule has 8 heteroatoms. The number of rotatable bonds is 4. The number of nitrogen functional groups attached to an aromatic ring is 1. The van der Waals surface area contributed by atoms with Crippen molar-refractivity contribution < 1.29 is 12.8 Å². The number of benzene rings is 1. The van der Waals surface area contributed by atoms with Gasteiger partial charge in [-0.25, -0.2) is 17.5 Å². The summed E-state index contributed by atoms with van der Waals surface area (Å²) in [5.74, 6) is 2.50. The Bertz CT molecular complexity index is 587. The molecule has 1 atom stereocenters. The maximum absolute atomic E-state index is 13.3. The van der Waals surface area contributed by atoms with Crippen molar-refractivity contribution in [2.45, 2.75) is 17.1 Å². The van der Waals surface area contributed by atoms with Crippen LogP contribution in [0.5, 0.6) is 0 Å². The summed E-state index contributed by atoms with van der Waals surface area (Å²) in [5, 5.41) is 0.279. The Balaban J connectivity index is 2.11. The van der Waals surface area contributed by atoms with E-state index in [1.54, 1.807) is 18.7 Å². The predicted molar refractivity (Wildman–Crippen MR) is 84.3 cm³/mol. The molecular formula is C12H17FN2O2S3. The van der Waals surface area contributed by atoms with Crippen LogP contribution in [-0.4, -0.2) is 37.5 Å². The van der Waals surface area contributed by atoms with Crippen molar-refractivity contribution in [3.63, 3.8) is 0 Å². The zero-order valence-corrected chi connectivity index (χ0v) is 13.5. The molecule has 1 heterocycles. The van der Waals surface area contributed by atoms with Crippen LogP contribution in [0.15, 0.2) is 17.0 Å². The lowest BCUT2D eigenvalue weighted by Crippen LogP contribution is -2.33. The van der Waals surface area contributed by atoms with Crippen molar-refractivity contribution in [3.8, 4) is 0 Å². The number of nitrogens with one attached hydrogen (secondary N) is 1. The van der Waals surface area contributed by atoms with E-state index >= 15 is 0 Å². The molecule has 1 unspecified atom stereocenters. The summed E-state index contributed by atoms with van der Waals surface area (Å²) in [6.07, 6.45) is 0. The fourth-order valence-corrected chi connectivity index (χ4v) is 5.95. The van der Waals surface area contributed by atoms with Crippen LogP contribution in [0, 0.1) is 12.7 Å². The quantitative estimate of drug-likeness (QED) is 0.821. The average molecular weight is 336 g/mol. The molecule has 0 bridgehead atoms. The third-order valence-corrected chi connectivity index (χ3v) is 7.38. The molecule has 1 fully saturated rings. The zero-order chi connectivity index (χ0) is 14.8. The van der Waals surface area contributed by atoms with E-state index in [4.69, 9.17) is 5.73 Å². The first kappa shape index (κ1) is 15.9. The molecule has 2 rings (SSSR count). The van der Waals surface area contributed by atoms with E-state index in [-0.39, 0.29) is 15.8 Å². The van der Waals surface area contributed by atoms with E-state index < -0.39 is 15.8 Å². The number of anilines is 1. The molecule has 3 N–H and O–H groups in total.